The number of hydrogen-bond donors (Lipinski definition) is 3. The molecule has 3 N–H and O–H groups in total. The van der Waals surface area contributed by atoms with Crippen molar-refractivity contribution in [2.45, 2.75) is 39.2 Å². The highest BCUT2D eigenvalue weighted by molar-refractivity contribution is 5.90. The minimum Gasteiger partial charge on any atom is -0.481 e. The molecule has 2 rings (SSSR count). The molecule has 1 aromatic rings. The van der Waals surface area contributed by atoms with Crippen molar-refractivity contribution < 1.29 is 14.7 Å². The Morgan fingerprint density at radius 3 is 2.65 bits per heavy atom. The van der Waals surface area contributed by atoms with Crippen LogP contribution < -0.4 is 10.6 Å². The van der Waals surface area contributed by atoms with Crippen molar-refractivity contribution in [3.63, 3.8) is 0 Å². The summed E-state index contributed by atoms with van der Waals surface area (Å²) in [5, 5.41) is 14.3. The number of pyridine rings is 1. The van der Waals surface area contributed by atoms with Crippen LogP contribution in [0.5, 0.6) is 0 Å². The van der Waals surface area contributed by atoms with Gasteiger partial charge < -0.3 is 15.7 Å². The maximum atomic E-state index is 11.9. The van der Waals surface area contributed by atoms with Gasteiger partial charge in [0.25, 0.3) is 0 Å². The zero-order valence-corrected chi connectivity index (χ0v) is 11.6. The smallest absolute Gasteiger partial charge is 0.319 e. The van der Waals surface area contributed by atoms with Crippen LogP contribution in [0.15, 0.2) is 12.1 Å². The van der Waals surface area contributed by atoms with Crippen molar-refractivity contribution in [3.8, 4) is 0 Å². The summed E-state index contributed by atoms with van der Waals surface area (Å²) in [6, 6.07) is 2.93. The molecule has 20 heavy (non-hydrogen) atoms. The molecule has 0 radical (unpaired) electrons. The first-order valence-corrected chi connectivity index (χ1v) is 6.69. The average molecular weight is 277 g/mol. The Bertz CT molecular complexity index is 526. The number of nitrogens with one attached hydrogen (secondary N) is 2. The molecule has 1 fully saturated rings. The number of carbonyl (C=O) groups is 2. The van der Waals surface area contributed by atoms with Crippen LogP contribution in [0, 0.1) is 19.8 Å². The van der Waals surface area contributed by atoms with E-state index in [1.807, 2.05) is 19.9 Å². The quantitative estimate of drug-likeness (QED) is 0.768. The van der Waals surface area contributed by atoms with Gasteiger partial charge in [-0.1, -0.05) is 0 Å². The fraction of sp³-hybridized carbons (Fsp3) is 0.500. The Kier molecular flexibility index (Phi) is 4.22. The molecule has 0 saturated heterocycles. The first kappa shape index (κ1) is 14.3. The first-order valence-electron chi connectivity index (χ1n) is 6.69. The topological polar surface area (TPSA) is 91.3 Å². The molecule has 1 atom stereocenters. The lowest BCUT2D eigenvalue weighted by Crippen LogP contribution is -2.40. The number of amides is 2. The second kappa shape index (κ2) is 5.90. The van der Waals surface area contributed by atoms with Gasteiger partial charge in [-0.25, -0.2) is 4.79 Å². The number of aryl methyl sites for hydroxylation is 2. The third-order valence-electron chi connectivity index (χ3n) is 3.38. The lowest BCUT2D eigenvalue weighted by molar-refractivity contribution is -0.137. The van der Waals surface area contributed by atoms with Gasteiger partial charge >= 0.3 is 12.0 Å². The summed E-state index contributed by atoms with van der Waals surface area (Å²) in [7, 11) is 0. The van der Waals surface area contributed by atoms with Crippen LogP contribution >= 0.6 is 0 Å². The molecular formula is C14H19N3O3. The Labute approximate surface area is 117 Å². The lowest BCUT2D eigenvalue weighted by atomic mass is 10.1. The zero-order valence-electron chi connectivity index (χ0n) is 11.6. The number of aliphatic carboxylic acids is 1. The van der Waals surface area contributed by atoms with Crippen LogP contribution in [-0.4, -0.2) is 28.1 Å². The van der Waals surface area contributed by atoms with Crippen molar-refractivity contribution in [3.05, 3.63) is 23.5 Å². The fourth-order valence-corrected chi connectivity index (χ4v) is 2.17. The summed E-state index contributed by atoms with van der Waals surface area (Å²) < 4.78 is 0. The van der Waals surface area contributed by atoms with E-state index in [0.717, 1.165) is 24.2 Å². The Balaban J connectivity index is 1.95. The average Bonchev–Trinajstić information content (AvgIpc) is 3.15. The van der Waals surface area contributed by atoms with Crippen LogP contribution in [-0.2, 0) is 4.79 Å². The van der Waals surface area contributed by atoms with E-state index in [1.165, 1.54) is 0 Å². The number of carbonyl (C=O) groups excluding carboxylic acids is 1. The van der Waals surface area contributed by atoms with E-state index in [-0.39, 0.29) is 24.4 Å². The molecule has 2 amide bonds. The highest BCUT2D eigenvalue weighted by Crippen LogP contribution is 2.34. The Morgan fingerprint density at radius 2 is 2.10 bits per heavy atom. The molecule has 1 unspecified atom stereocenters. The van der Waals surface area contributed by atoms with E-state index in [2.05, 4.69) is 15.6 Å². The number of urea groups is 1. The van der Waals surface area contributed by atoms with Gasteiger partial charge in [-0.2, -0.15) is 0 Å². The minimum absolute atomic E-state index is 0.0385. The maximum absolute atomic E-state index is 11.9. The molecule has 0 aliphatic heterocycles. The molecule has 1 saturated carbocycles. The molecule has 1 aliphatic carbocycles. The largest absolute Gasteiger partial charge is 0.481 e. The number of hydrogen-bond acceptors (Lipinski definition) is 3. The Hall–Kier alpha value is -2.11. The predicted molar refractivity (Wildman–Crippen MR) is 74.6 cm³/mol. The summed E-state index contributed by atoms with van der Waals surface area (Å²) >= 11 is 0. The van der Waals surface area contributed by atoms with Crippen LogP contribution in [0.2, 0.25) is 0 Å². The summed E-state index contributed by atoms with van der Waals surface area (Å²) in [6.45, 7) is 3.70. The number of carboxylic acid groups (broad SMARTS) is 1. The van der Waals surface area contributed by atoms with Gasteiger partial charge in [0.1, 0.15) is 0 Å². The molecule has 1 aromatic heterocycles. The number of carboxylic acids is 1. The third-order valence-corrected chi connectivity index (χ3v) is 3.38. The van der Waals surface area contributed by atoms with E-state index in [9.17, 15) is 9.59 Å². The van der Waals surface area contributed by atoms with E-state index in [0.29, 0.717) is 5.69 Å². The molecule has 1 aliphatic rings. The Morgan fingerprint density at radius 1 is 1.40 bits per heavy atom. The first-order chi connectivity index (χ1) is 9.45. The van der Waals surface area contributed by atoms with Gasteiger partial charge in [0.2, 0.25) is 0 Å². The van der Waals surface area contributed by atoms with Gasteiger partial charge in [-0.3, -0.25) is 9.78 Å². The number of anilines is 1. The summed E-state index contributed by atoms with van der Waals surface area (Å²) in [4.78, 5) is 27.0. The zero-order chi connectivity index (χ0) is 14.7. The van der Waals surface area contributed by atoms with Crippen molar-refractivity contribution in [1.82, 2.24) is 10.3 Å². The van der Waals surface area contributed by atoms with Crippen LogP contribution in [0.4, 0.5) is 10.5 Å². The van der Waals surface area contributed by atoms with Gasteiger partial charge in [0, 0.05) is 11.7 Å². The van der Waals surface area contributed by atoms with Crippen molar-refractivity contribution >= 4 is 17.7 Å². The monoisotopic (exact) mass is 277 g/mol. The second-order valence-corrected chi connectivity index (χ2v) is 5.23. The molecule has 6 heteroatoms. The summed E-state index contributed by atoms with van der Waals surface area (Å²) in [5.41, 5.74) is 2.26. The van der Waals surface area contributed by atoms with Gasteiger partial charge in [0.15, 0.2) is 0 Å². The SMILES string of the molecule is Cc1ccc(NC(=O)NC(CC(=O)O)C2CC2)c(C)n1. The normalized spacial score (nSPS) is 15.5. The summed E-state index contributed by atoms with van der Waals surface area (Å²) in [6.07, 6.45) is 1.91. The number of aromatic nitrogens is 1. The number of nitrogens with zero attached hydrogens (tertiary/aromatic N) is 1. The number of rotatable bonds is 5. The van der Waals surface area contributed by atoms with E-state index < -0.39 is 5.97 Å². The van der Waals surface area contributed by atoms with Gasteiger partial charge in [-0.15, -0.1) is 0 Å². The third kappa shape index (κ3) is 3.94. The molecule has 0 aromatic carbocycles. The highest BCUT2D eigenvalue weighted by Gasteiger charge is 2.33. The van der Waals surface area contributed by atoms with Crippen molar-refractivity contribution in [2.75, 3.05) is 5.32 Å². The van der Waals surface area contributed by atoms with Gasteiger partial charge in [-0.05, 0) is 44.7 Å². The summed E-state index contributed by atoms with van der Waals surface area (Å²) in [5.74, 6) is -0.607. The van der Waals surface area contributed by atoms with E-state index >= 15 is 0 Å². The van der Waals surface area contributed by atoms with Crippen molar-refractivity contribution in [1.29, 1.82) is 0 Å². The standard InChI is InChI=1S/C14H19N3O3/c1-8-3-6-11(9(2)15-8)16-14(20)17-12(7-13(18)19)10-4-5-10/h3,6,10,12H,4-5,7H2,1-2H3,(H,18,19)(H2,16,17,20). The highest BCUT2D eigenvalue weighted by atomic mass is 16.4. The molecular weight excluding hydrogens is 258 g/mol. The van der Waals surface area contributed by atoms with E-state index in [1.54, 1.807) is 6.07 Å². The van der Waals surface area contributed by atoms with Crippen molar-refractivity contribution in [2.24, 2.45) is 5.92 Å². The van der Waals surface area contributed by atoms with Crippen LogP contribution in [0.25, 0.3) is 0 Å². The molecule has 108 valence electrons. The molecule has 6 nitrogen and oxygen atoms in total. The molecule has 1 heterocycles. The predicted octanol–water partition coefficient (Wildman–Crippen LogP) is 2.07. The lowest BCUT2D eigenvalue weighted by Gasteiger charge is -2.17. The van der Waals surface area contributed by atoms with Gasteiger partial charge in [0.05, 0.1) is 17.8 Å². The van der Waals surface area contributed by atoms with Crippen LogP contribution in [0.3, 0.4) is 0 Å². The van der Waals surface area contributed by atoms with Crippen LogP contribution in [0.1, 0.15) is 30.7 Å². The maximum Gasteiger partial charge on any atom is 0.319 e. The minimum atomic E-state index is -0.893. The second-order valence-electron chi connectivity index (χ2n) is 5.23. The van der Waals surface area contributed by atoms with E-state index in [4.69, 9.17) is 5.11 Å². The molecule has 0 spiro atoms. The fourth-order valence-electron chi connectivity index (χ4n) is 2.17. The molecule has 0 bridgehead atoms.